The zero-order valence-electron chi connectivity index (χ0n) is 11.0. The van der Waals surface area contributed by atoms with E-state index in [2.05, 4.69) is 16.4 Å². The van der Waals surface area contributed by atoms with E-state index in [0.717, 1.165) is 5.69 Å². The number of aliphatic hydroxyl groups is 1. The molecule has 0 aliphatic heterocycles. The zero-order valence-corrected chi connectivity index (χ0v) is 11.0. The Labute approximate surface area is 102 Å². The van der Waals surface area contributed by atoms with E-state index in [-0.39, 0.29) is 0 Å². The number of rotatable bonds is 3. The van der Waals surface area contributed by atoms with Crippen LogP contribution in [0.15, 0.2) is 12.1 Å². The van der Waals surface area contributed by atoms with Gasteiger partial charge in [0.2, 0.25) is 0 Å². The first kappa shape index (κ1) is 13.5. The molecule has 1 heterocycles. The molecule has 0 fully saturated rings. The Bertz CT molecular complexity index is 453. The zero-order chi connectivity index (χ0) is 13.3. The molecular weight excluding hydrogens is 214 g/mol. The average Bonchev–Trinajstić information content (AvgIpc) is 2.15. The smallest absolute Gasteiger partial charge is 0.144 e. The monoisotopic (exact) mass is 233 g/mol. The van der Waals surface area contributed by atoms with Crippen molar-refractivity contribution >= 4 is 5.82 Å². The Balaban J connectivity index is 3.12. The highest BCUT2D eigenvalue weighted by Gasteiger charge is 2.35. The highest BCUT2D eigenvalue weighted by Crippen LogP contribution is 2.26. The molecule has 0 aliphatic rings. The number of pyridine rings is 1. The van der Waals surface area contributed by atoms with E-state index in [1.807, 2.05) is 20.8 Å². The molecule has 4 heteroatoms. The minimum Gasteiger partial charge on any atom is -0.388 e. The van der Waals surface area contributed by atoms with E-state index in [1.54, 1.807) is 26.0 Å². The summed E-state index contributed by atoms with van der Waals surface area (Å²) in [4.78, 5) is 4.30. The average molecular weight is 233 g/mol. The van der Waals surface area contributed by atoms with E-state index in [0.29, 0.717) is 11.4 Å². The normalized spacial score (nSPS) is 12.1. The van der Waals surface area contributed by atoms with Crippen molar-refractivity contribution in [1.29, 1.82) is 5.26 Å². The molecule has 92 valence electrons. The molecule has 0 saturated heterocycles. The second-order valence-electron chi connectivity index (χ2n) is 5.27. The number of hydrogen-bond acceptors (Lipinski definition) is 4. The quantitative estimate of drug-likeness (QED) is 0.840. The first-order valence-electron chi connectivity index (χ1n) is 5.56. The van der Waals surface area contributed by atoms with Crippen LogP contribution in [0.2, 0.25) is 0 Å². The molecule has 0 saturated carbocycles. The van der Waals surface area contributed by atoms with E-state index in [1.165, 1.54) is 0 Å². The number of aromatic nitrogens is 1. The predicted octanol–water partition coefficient (Wildman–Crippen LogP) is 2.22. The topological polar surface area (TPSA) is 68.9 Å². The Morgan fingerprint density at radius 2 is 1.88 bits per heavy atom. The van der Waals surface area contributed by atoms with Gasteiger partial charge in [0.15, 0.2) is 0 Å². The van der Waals surface area contributed by atoms with Crippen LogP contribution in [0.5, 0.6) is 0 Å². The summed E-state index contributed by atoms with van der Waals surface area (Å²) in [6, 6.07) is 5.61. The molecule has 1 aromatic heterocycles. The fraction of sp³-hybridized carbons (Fsp3) is 0.538. The summed E-state index contributed by atoms with van der Waals surface area (Å²) >= 11 is 0. The van der Waals surface area contributed by atoms with Crippen molar-refractivity contribution in [3.8, 4) is 6.07 Å². The summed E-state index contributed by atoms with van der Waals surface area (Å²) in [5.41, 5.74) is -0.198. The molecule has 0 unspecified atom stereocenters. The van der Waals surface area contributed by atoms with E-state index < -0.39 is 11.1 Å². The molecule has 0 radical (unpaired) electrons. The van der Waals surface area contributed by atoms with Crippen LogP contribution in [0.1, 0.15) is 39.0 Å². The third-order valence-electron chi connectivity index (χ3n) is 3.12. The maximum absolute atomic E-state index is 10.1. The van der Waals surface area contributed by atoms with Crippen LogP contribution in [0.4, 0.5) is 5.82 Å². The molecule has 0 aromatic carbocycles. The van der Waals surface area contributed by atoms with Crippen LogP contribution in [0, 0.1) is 18.3 Å². The van der Waals surface area contributed by atoms with E-state index in [4.69, 9.17) is 5.26 Å². The van der Waals surface area contributed by atoms with Gasteiger partial charge in [0.1, 0.15) is 11.9 Å². The predicted molar refractivity (Wildman–Crippen MR) is 67.7 cm³/mol. The van der Waals surface area contributed by atoms with E-state index >= 15 is 0 Å². The van der Waals surface area contributed by atoms with Gasteiger partial charge in [0, 0.05) is 5.69 Å². The van der Waals surface area contributed by atoms with Gasteiger partial charge in [0.25, 0.3) is 0 Å². The van der Waals surface area contributed by atoms with Crippen LogP contribution in [0.25, 0.3) is 0 Å². The number of nitrogens with one attached hydrogen (secondary N) is 1. The lowest BCUT2D eigenvalue weighted by Crippen LogP contribution is -2.51. The molecule has 1 rings (SSSR count). The van der Waals surface area contributed by atoms with Crippen molar-refractivity contribution in [2.45, 2.75) is 45.8 Å². The Hall–Kier alpha value is -1.60. The van der Waals surface area contributed by atoms with Gasteiger partial charge in [-0.25, -0.2) is 4.98 Å². The van der Waals surface area contributed by atoms with Crippen LogP contribution < -0.4 is 5.32 Å². The Morgan fingerprint density at radius 1 is 1.29 bits per heavy atom. The van der Waals surface area contributed by atoms with Crippen LogP contribution in [-0.2, 0) is 0 Å². The van der Waals surface area contributed by atoms with Gasteiger partial charge in [0.05, 0.1) is 16.7 Å². The van der Waals surface area contributed by atoms with Crippen LogP contribution >= 0.6 is 0 Å². The number of aryl methyl sites for hydroxylation is 1. The Kier molecular flexibility index (Phi) is 3.44. The minimum atomic E-state index is -0.925. The van der Waals surface area contributed by atoms with Crippen molar-refractivity contribution in [2.24, 2.45) is 0 Å². The molecule has 0 spiro atoms. The van der Waals surface area contributed by atoms with Crippen molar-refractivity contribution in [3.63, 3.8) is 0 Å². The molecule has 1 aromatic rings. The fourth-order valence-corrected chi connectivity index (χ4v) is 1.19. The van der Waals surface area contributed by atoms with Gasteiger partial charge in [-0.1, -0.05) is 0 Å². The molecular formula is C13H19N3O. The molecule has 17 heavy (non-hydrogen) atoms. The first-order chi connectivity index (χ1) is 7.67. The SMILES string of the molecule is Cc1ccc(C#N)c(NC(C)(C)C(C)(C)O)n1. The summed E-state index contributed by atoms with van der Waals surface area (Å²) in [5.74, 6) is 0.514. The number of hydrogen-bond donors (Lipinski definition) is 2. The number of anilines is 1. The van der Waals surface area contributed by atoms with Crippen LogP contribution in [-0.4, -0.2) is 21.2 Å². The van der Waals surface area contributed by atoms with Crippen molar-refractivity contribution in [2.75, 3.05) is 5.32 Å². The highest BCUT2D eigenvalue weighted by molar-refractivity contribution is 5.54. The van der Waals surface area contributed by atoms with Gasteiger partial charge in [-0.3, -0.25) is 0 Å². The van der Waals surface area contributed by atoms with Crippen molar-refractivity contribution in [3.05, 3.63) is 23.4 Å². The van der Waals surface area contributed by atoms with Gasteiger partial charge >= 0.3 is 0 Å². The first-order valence-corrected chi connectivity index (χ1v) is 5.56. The maximum Gasteiger partial charge on any atom is 0.144 e. The van der Waals surface area contributed by atoms with Gasteiger partial charge in [-0.05, 0) is 46.8 Å². The summed E-state index contributed by atoms with van der Waals surface area (Å²) < 4.78 is 0. The molecule has 4 nitrogen and oxygen atoms in total. The standard InChI is InChI=1S/C13H19N3O/c1-9-6-7-10(8-14)11(15-9)16-12(2,3)13(4,5)17/h6-7,17H,1-5H3,(H,15,16). The summed E-state index contributed by atoms with van der Waals surface area (Å²) in [6.45, 7) is 9.06. The molecule has 0 amide bonds. The summed E-state index contributed by atoms with van der Waals surface area (Å²) in [5, 5.41) is 22.2. The number of nitriles is 1. The Morgan fingerprint density at radius 3 is 2.35 bits per heavy atom. The van der Waals surface area contributed by atoms with Crippen molar-refractivity contribution < 1.29 is 5.11 Å². The third kappa shape index (κ3) is 2.95. The summed E-state index contributed by atoms with van der Waals surface area (Å²) in [6.07, 6.45) is 0. The largest absolute Gasteiger partial charge is 0.388 e. The fourth-order valence-electron chi connectivity index (χ4n) is 1.19. The maximum atomic E-state index is 10.1. The lowest BCUT2D eigenvalue weighted by Gasteiger charge is -2.38. The summed E-state index contributed by atoms with van der Waals surface area (Å²) in [7, 11) is 0. The molecule has 0 atom stereocenters. The van der Waals surface area contributed by atoms with Gasteiger partial charge in [-0.15, -0.1) is 0 Å². The van der Waals surface area contributed by atoms with Gasteiger partial charge < -0.3 is 10.4 Å². The number of nitrogens with zero attached hydrogens (tertiary/aromatic N) is 2. The molecule has 0 bridgehead atoms. The van der Waals surface area contributed by atoms with Crippen LogP contribution in [0.3, 0.4) is 0 Å². The van der Waals surface area contributed by atoms with Gasteiger partial charge in [-0.2, -0.15) is 5.26 Å². The lowest BCUT2D eigenvalue weighted by molar-refractivity contribution is 0.0238. The lowest BCUT2D eigenvalue weighted by atomic mass is 9.86. The highest BCUT2D eigenvalue weighted by atomic mass is 16.3. The third-order valence-corrected chi connectivity index (χ3v) is 3.12. The van der Waals surface area contributed by atoms with Crippen molar-refractivity contribution in [1.82, 2.24) is 4.98 Å². The van der Waals surface area contributed by atoms with E-state index in [9.17, 15) is 5.11 Å². The minimum absolute atomic E-state index is 0.480. The molecule has 2 N–H and O–H groups in total. The second kappa shape index (κ2) is 4.34. The second-order valence-corrected chi connectivity index (χ2v) is 5.27. The molecule has 0 aliphatic carbocycles.